The fraction of sp³-hybridized carbons (Fsp3) is 0.647. The van der Waals surface area contributed by atoms with Gasteiger partial charge < -0.3 is 10.0 Å². The molecule has 0 radical (unpaired) electrons. The maximum atomic E-state index is 10.4. The predicted molar refractivity (Wildman–Crippen MR) is 81.6 cm³/mol. The van der Waals surface area contributed by atoms with E-state index in [0.29, 0.717) is 5.92 Å². The summed E-state index contributed by atoms with van der Waals surface area (Å²) in [5.74, 6) is 0.394. The van der Waals surface area contributed by atoms with Crippen LogP contribution < -0.4 is 4.90 Å². The highest BCUT2D eigenvalue weighted by Gasteiger charge is 2.40. The molecule has 0 saturated heterocycles. The summed E-state index contributed by atoms with van der Waals surface area (Å²) < 4.78 is 0. The summed E-state index contributed by atoms with van der Waals surface area (Å²) in [5, 5.41) is 10.4. The average molecular weight is 261 g/mol. The van der Waals surface area contributed by atoms with E-state index in [9.17, 15) is 5.11 Å². The third-order valence-corrected chi connectivity index (χ3v) is 4.70. The minimum Gasteiger partial charge on any atom is -0.392 e. The molecule has 2 unspecified atom stereocenters. The summed E-state index contributed by atoms with van der Waals surface area (Å²) in [6.07, 6.45) is 3.16. The molecule has 1 aliphatic rings. The van der Waals surface area contributed by atoms with E-state index in [1.54, 1.807) is 0 Å². The molecule has 1 aromatic rings. The van der Waals surface area contributed by atoms with Crippen LogP contribution in [0.1, 0.15) is 39.2 Å². The minimum atomic E-state index is -0.176. The summed E-state index contributed by atoms with van der Waals surface area (Å²) in [6.45, 7) is 7.47. The molecule has 1 N–H and O–H groups in total. The van der Waals surface area contributed by atoms with E-state index in [2.05, 4.69) is 57.0 Å². The van der Waals surface area contributed by atoms with Crippen molar-refractivity contribution in [2.45, 2.75) is 46.1 Å². The van der Waals surface area contributed by atoms with Crippen LogP contribution >= 0.6 is 0 Å². The molecule has 0 bridgehead atoms. The Labute approximate surface area is 117 Å². The average Bonchev–Trinajstić information content (AvgIpc) is 2.66. The lowest BCUT2D eigenvalue weighted by molar-refractivity contribution is 0.0484. The molecule has 2 heteroatoms. The first kappa shape index (κ1) is 14.4. The first-order chi connectivity index (χ1) is 8.94. The zero-order valence-electron chi connectivity index (χ0n) is 12.7. The number of benzene rings is 1. The Morgan fingerprint density at radius 1 is 1.26 bits per heavy atom. The van der Waals surface area contributed by atoms with E-state index in [1.165, 1.54) is 11.3 Å². The Kier molecular flexibility index (Phi) is 4.19. The van der Waals surface area contributed by atoms with E-state index < -0.39 is 0 Å². The maximum absolute atomic E-state index is 10.4. The molecule has 1 aliphatic carbocycles. The Hall–Kier alpha value is -1.02. The van der Waals surface area contributed by atoms with Gasteiger partial charge in [-0.15, -0.1) is 0 Å². The van der Waals surface area contributed by atoms with Crippen LogP contribution in [0.5, 0.6) is 0 Å². The summed E-state index contributed by atoms with van der Waals surface area (Å²) >= 11 is 0. The van der Waals surface area contributed by atoms with Crippen LogP contribution in [0.3, 0.4) is 0 Å². The van der Waals surface area contributed by atoms with Crippen molar-refractivity contribution in [3.05, 3.63) is 29.8 Å². The summed E-state index contributed by atoms with van der Waals surface area (Å²) in [6, 6.07) is 8.76. The molecule has 2 atom stereocenters. The van der Waals surface area contributed by atoms with Crippen LogP contribution in [0.15, 0.2) is 24.3 Å². The standard InChI is InChI=1S/C17H27NO/c1-5-13-6-8-15(9-7-13)18(4)12-14-10-11-17(2,3)16(14)19/h6-9,14,16,19H,5,10-12H2,1-4H3. The zero-order valence-corrected chi connectivity index (χ0v) is 12.7. The highest BCUT2D eigenvalue weighted by atomic mass is 16.3. The van der Waals surface area contributed by atoms with Crippen molar-refractivity contribution < 1.29 is 5.11 Å². The predicted octanol–water partition coefficient (Wildman–Crippen LogP) is 3.48. The van der Waals surface area contributed by atoms with Crippen molar-refractivity contribution in [2.24, 2.45) is 11.3 Å². The van der Waals surface area contributed by atoms with Crippen molar-refractivity contribution >= 4 is 5.69 Å². The quantitative estimate of drug-likeness (QED) is 0.897. The van der Waals surface area contributed by atoms with E-state index in [0.717, 1.165) is 25.8 Å². The number of aryl methyl sites for hydroxylation is 1. The molecular weight excluding hydrogens is 234 g/mol. The first-order valence-corrected chi connectivity index (χ1v) is 7.42. The van der Waals surface area contributed by atoms with Gasteiger partial charge in [0.1, 0.15) is 0 Å². The van der Waals surface area contributed by atoms with Crippen molar-refractivity contribution in [2.75, 3.05) is 18.5 Å². The van der Waals surface area contributed by atoms with Crippen LogP contribution in [-0.4, -0.2) is 24.8 Å². The fourth-order valence-corrected chi connectivity index (χ4v) is 3.14. The molecule has 0 amide bonds. The van der Waals surface area contributed by atoms with Gasteiger partial charge in [-0.1, -0.05) is 32.9 Å². The second-order valence-corrected chi connectivity index (χ2v) is 6.63. The molecule has 0 aromatic heterocycles. The van der Waals surface area contributed by atoms with Crippen LogP contribution in [0.25, 0.3) is 0 Å². The lowest BCUT2D eigenvalue weighted by atomic mass is 9.87. The molecule has 1 saturated carbocycles. The normalized spacial score (nSPS) is 25.5. The molecule has 1 fully saturated rings. The Morgan fingerprint density at radius 2 is 1.89 bits per heavy atom. The molecule has 0 aliphatic heterocycles. The molecule has 106 valence electrons. The number of anilines is 1. The van der Waals surface area contributed by atoms with Crippen LogP contribution in [0.4, 0.5) is 5.69 Å². The molecule has 1 aromatic carbocycles. The van der Waals surface area contributed by atoms with Gasteiger partial charge in [-0.3, -0.25) is 0 Å². The second-order valence-electron chi connectivity index (χ2n) is 6.63. The lowest BCUT2D eigenvalue weighted by Crippen LogP contribution is -2.34. The van der Waals surface area contributed by atoms with Gasteiger partial charge in [0.15, 0.2) is 0 Å². The van der Waals surface area contributed by atoms with Gasteiger partial charge in [0.25, 0.3) is 0 Å². The van der Waals surface area contributed by atoms with Gasteiger partial charge in [0, 0.05) is 25.2 Å². The molecule has 2 nitrogen and oxygen atoms in total. The largest absolute Gasteiger partial charge is 0.392 e. The van der Waals surface area contributed by atoms with Crippen LogP contribution in [0, 0.1) is 11.3 Å². The Morgan fingerprint density at radius 3 is 2.37 bits per heavy atom. The Bertz CT molecular complexity index is 410. The van der Waals surface area contributed by atoms with Crippen molar-refractivity contribution in [1.82, 2.24) is 0 Å². The van der Waals surface area contributed by atoms with Crippen molar-refractivity contribution in [1.29, 1.82) is 0 Å². The number of aliphatic hydroxyl groups excluding tert-OH is 1. The number of hydrogen-bond donors (Lipinski definition) is 1. The maximum Gasteiger partial charge on any atom is 0.0636 e. The number of hydrogen-bond acceptors (Lipinski definition) is 2. The number of nitrogens with zero attached hydrogens (tertiary/aromatic N) is 1. The molecule has 0 spiro atoms. The van der Waals surface area contributed by atoms with Crippen LogP contribution in [0.2, 0.25) is 0 Å². The van der Waals surface area contributed by atoms with Gasteiger partial charge in [-0.2, -0.15) is 0 Å². The van der Waals surface area contributed by atoms with E-state index in [1.807, 2.05) is 0 Å². The monoisotopic (exact) mass is 261 g/mol. The SMILES string of the molecule is CCc1ccc(N(C)CC2CCC(C)(C)C2O)cc1. The van der Waals surface area contributed by atoms with E-state index in [-0.39, 0.29) is 11.5 Å². The molecular formula is C17H27NO. The second kappa shape index (κ2) is 5.54. The summed E-state index contributed by atoms with van der Waals surface area (Å²) in [4.78, 5) is 2.27. The third kappa shape index (κ3) is 3.11. The molecule has 0 heterocycles. The number of rotatable bonds is 4. The van der Waals surface area contributed by atoms with Crippen molar-refractivity contribution in [3.8, 4) is 0 Å². The van der Waals surface area contributed by atoms with Gasteiger partial charge in [0.05, 0.1) is 6.10 Å². The lowest BCUT2D eigenvalue weighted by Gasteiger charge is -2.29. The van der Waals surface area contributed by atoms with Gasteiger partial charge >= 0.3 is 0 Å². The number of aliphatic hydroxyl groups is 1. The van der Waals surface area contributed by atoms with Gasteiger partial charge in [0.2, 0.25) is 0 Å². The first-order valence-electron chi connectivity index (χ1n) is 7.42. The highest BCUT2D eigenvalue weighted by molar-refractivity contribution is 5.47. The van der Waals surface area contributed by atoms with Crippen molar-refractivity contribution in [3.63, 3.8) is 0 Å². The van der Waals surface area contributed by atoms with Gasteiger partial charge in [-0.25, -0.2) is 0 Å². The summed E-state index contributed by atoms with van der Waals surface area (Å²) in [5.41, 5.74) is 2.70. The fourth-order valence-electron chi connectivity index (χ4n) is 3.14. The van der Waals surface area contributed by atoms with Crippen LogP contribution in [-0.2, 0) is 6.42 Å². The van der Waals surface area contributed by atoms with E-state index >= 15 is 0 Å². The third-order valence-electron chi connectivity index (χ3n) is 4.70. The molecule has 2 rings (SSSR count). The highest BCUT2D eigenvalue weighted by Crippen LogP contribution is 2.41. The summed E-state index contributed by atoms with van der Waals surface area (Å²) in [7, 11) is 2.12. The Balaban J connectivity index is 1.99. The smallest absolute Gasteiger partial charge is 0.0636 e. The zero-order chi connectivity index (χ0) is 14.0. The van der Waals surface area contributed by atoms with E-state index in [4.69, 9.17) is 0 Å². The molecule has 19 heavy (non-hydrogen) atoms. The van der Waals surface area contributed by atoms with Gasteiger partial charge in [-0.05, 0) is 42.4 Å². The minimum absolute atomic E-state index is 0.0809. The topological polar surface area (TPSA) is 23.5 Å².